The van der Waals surface area contributed by atoms with Crippen molar-refractivity contribution in [1.29, 1.82) is 0 Å². The van der Waals surface area contributed by atoms with Crippen molar-refractivity contribution in [3.8, 4) is 5.75 Å². The molecule has 0 fully saturated rings. The first-order valence-corrected chi connectivity index (χ1v) is 9.14. The number of rotatable bonds is 7. The summed E-state index contributed by atoms with van der Waals surface area (Å²) in [5.74, 6) is 0.769. The summed E-state index contributed by atoms with van der Waals surface area (Å²) in [6.45, 7) is 3.48. The molecule has 1 N–H and O–H groups in total. The average Bonchev–Trinajstić information content (AvgIpc) is 3.17. The molecule has 142 valence electrons. The number of benzene rings is 2. The summed E-state index contributed by atoms with van der Waals surface area (Å²) in [6.07, 6.45) is 0.446. The van der Waals surface area contributed by atoms with Gasteiger partial charge in [0.15, 0.2) is 6.10 Å². The number of hydrogen-bond acceptors (Lipinski definition) is 4. The third-order valence-corrected chi connectivity index (χ3v) is 4.41. The number of carbonyl (C=O) groups excluding carboxylic acids is 1. The summed E-state index contributed by atoms with van der Waals surface area (Å²) in [5, 5.41) is 7.11. The van der Waals surface area contributed by atoms with Crippen LogP contribution in [0.5, 0.6) is 5.75 Å². The van der Waals surface area contributed by atoms with E-state index in [9.17, 15) is 4.79 Å². The van der Waals surface area contributed by atoms with E-state index in [1.807, 2.05) is 61.5 Å². The molecule has 0 saturated heterocycles. The second-order valence-electron chi connectivity index (χ2n) is 6.37. The molecule has 1 heterocycles. The van der Waals surface area contributed by atoms with Gasteiger partial charge in [0.2, 0.25) is 0 Å². The number of methoxy groups -OCH3 is 1. The minimum absolute atomic E-state index is 0.101. The number of carbonyl (C=O) groups is 1. The van der Waals surface area contributed by atoms with Gasteiger partial charge in [0.1, 0.15) is 5.75 Å². The Morgan fingerprint density at radius 3 is 2.70 bits per heavy atom. The van der Waals surface area contributed by atoms with Crippen molar-refractivity contribution < 1.29 is 14.4 Å². The highest BCUT2D eigenvalue weighted by Crippen LogP contribution is 2.25. The lowest BCUT2D eigenvalue weighted by atomic mass is 10.0. The Hall–Kier alpha value is -3.02. The van der Waals surface area contributed by atoms with E-state index in [4.69, 9.17) is 9.57 Å². The van der Waals surface area contributed by atoms with Gasteiger partial charge >= 0.3 is 6.03 Å². The van der Waals surface area contributed by atoms with Gasteiger partial charge in [-0.05, 0) is 24.6 Å². The van der Waals surface area contributed by atoms with Crippen molar-refractivity contribution in [2.24, 2.45) is 5.16 Å². The van der Waals surface area contributed by atoms with E-state index in [1.165, 1.54) is 0 Å². The van der Waals surface area contributed by atoms with Crippen molar-refractivity contribution in [2.45, 2.75) is 26.0 Å². The highest BCUT2D eigenvalue weighted by Gasteiger charge is 2.28. The predicted octanol–water partition coefficient (Wildman–Crippen LogP) is 3.42. The molecule has 0 spiro atoms. The minimum atomic E-state index is -0.184. The molecule has 2 aromatic carbocycles. The van der Waals surface area contributed by atoms with Crippen LogP contribution in [0.15, 0.2) is 59.8 Å². The number of amides is 2. The summed E-state index contributed by atoms with van der Waals surface area (Å²) in [5.41, 5.74) is 2.84. The van der Waals surface area contributed by atoms with Gasteiger partial charge in [-0.1, -0.05) is 47.6 Å². The molecular weight excluding hydrogens is 342 g/mol. The molecule has 1 aliphatic rings. The Morgan fingerprint density at radius 2 is 1.96 bits per heavy atom. The van der Waals surface area contributed by atoms with Gasteiger partial charge < -0.3 is 19.8 Å². The molecule has 1 aliphatic heterocycles. The molecular formula is C21H25N3O3. The van der Waals surface area contributed by atoms with Gasteiger partial charge in [0.05, 0.1) is 19.4 Å². The first-order chi connectivity index (χ1) is 13.2. The monoisotopic (exact) mass is 367 g/mol. The van der Waals surface area contributed by atoms with Gasteiger partial charge in [-0.15, -0.1) is 0 Å². The predicted molar refractivity (Wildman–Crippen MR) is 105 cm³/mol. The van der Waals surface area contributed by atoms with Crippen LogP contribution in [-0.2, 0) is 11.4 Å². The smallest absolute Gasteiger partial charge is 0.317 e. The SMILES string of the molecule is CCNC(=O)N(Cc1ccccc1)CC1CC(c2ccccc2OC)=NO1. The second kappa shape index (κ2) is 9.07. The van der Waals surface area contributed by atoms with Crippen molar-refractivity contribution in [1.82, 2.24) is 10.2 Å². The highest BCUT2D eigenvalue weighted by atomic mass is 16.6. The Morgan fingerprint density at radius 1 is 1.22 bits per heavy atom. The lowest BCUT2D eigenvalue weighted by Gasteiger charge is -2.25. The Bertz CT molecular complexity index is 792. The zero-order valence-corrected chi connectivity index (χ0v) is 15.7. The van der Waals surface area contributed by atoms with Crippen LogP contribution >= 0.6 is 0 Å². The van der Waals surface area contributed by atoms with Crippen LogP contribution in [0.25, 0.3) is 0 Å². The van der Waals surface area contributed by atoms with Crippen LogP contribution < -0.4 is 10.1 Å². The fraction of sp³-hybridized carbons (Fsp3) is 0.333. The molecule has 6 nitrogen and oxygen atoms in total. The van der Waals surface area contributed by atoms with Crippen LogP contribution in [0, 0.1) is 0 Å². The number of nitrogens with zero attached hydrogens (tertiary/aromatic N) is 2. The highest BCUT2D eigenvalue weighted by molar-refractivity contribution is 6.03. The molecule has 1 atom stereocenters. The standard InChI is InChI=1S/C21H25N3O3/c1-3-22-21(25)24(14-16-9-5-4-6-10-16)15-17-13-19(23-27-17)18-11-7-8-12-20(18)26-2/h4-12,17H,3,13-15H2,1-2H3,(H,22,25). The first-order valence-electron chi connectivity index (χ1n) is 9.14. The third-order valence-electron chi connectivity index (χ3n) is 4.41. The van der Waals surface area contributed by atoms with Crippen molar-refractivity contribution in [3.05, 3.63) is 65.7 Å². The van der Waals surface area contributed by atoms with Gasteiger partial charge in [-0.25, -0.2) is 4.79 Å². The van der Waals surface area contributed by atoms with E-state index < -0.39 is 0 Å². The molecule has 6 heteroatoms. The molecule has 0 aromatic heterocycles. The summed E-state index contributed by atoms with van der Waals surface area (Å²) in [4.78, 5) is 19.9. The number of urea groups is 1. The molecule has 0 aliphatic carbocycles. The van der Waals surface area contributed by atoms with E-state index in [1.54, 1.807) is 12.0 Å². The quantitative estimate of drug-likeness (QED) is 0.816. The minimum Gasteiger partial charge on any atom is -0.496 e. The summed E-state index contributed by atoms with van der Waals surface area (Å²) >= 11 is 0. The molecule has 0 radical (unpaired) electrons. The molecule has 2 amide bonds. The lowest BCUT2D eigenvalue weighted by Crippen LogP contribution is -2.43. The van der Waals surface area contributed by atoms with Gasteiger partial charge in [-0.2, -0.15) is 0 Å². The summed E-state index contributed by atoms with van der Waals surface area (Å²) in [7, 11) is 1.64. The Balaban J connectivity index is 1.67. The Kier molecular flexibility index (Phi) is 6.30. The molecule has 0 bridgehead atoms. The number of oxime groups is 1. The van der Waals surface area contributed by atoms with Crippen LogP contribution in [0.2, 0.25) is 0 Å². The lowest BCUT2D eigenvalue weighted by molar-refractivity contribution is 0.0590. The molecule has 1 unspecified atom stereocenters. The molecule has 27 heavy (non-hydrogen) atoms. The molecule has 0 saturated carbocycles. The van der Waals surface area contributed by atoms with E-state index in [2.05, 4.69) is 10.5 Å². The summed E-state index contributed by atoms with van der Waals surface area (Å²) < 4.78 is 5.41. The van der Waals surface area contributed by atoms with E-state index >= 15 is 0 Å². The summed E-state index contributed by atoms with van der Waals surface area (Å²) in [6, 6.07) is 17.6. The molecule has 3 rings (SSSR count). The second-order valence-corrected chi connectivity index (χ2v) is 6.37. The largest absolute Gasteiger partial charge is 0.496 e. The first kappa shape index (κ1) is 18.8. The van der Waals surface area contributed by atoms with Crippen LogP contribution in [0.4, 0.5) is 4.79 Å². The van der Waals surface area contributed by atoms with Gasteiger partial charge in [0, 0.05) is 25.1 Å². The normalized spacial score (nSPS) is 15.6. The van der Waals surface area contributed by atoms with Gasteiger partial charge in [-0.3, -0.25) is 0 Å². The van der Waals surface area contributed by atoms with Crippen molar-refractivity contribution >= 4 is 11.7 Å². The number of nitrogens with one attached hydrogen (secondary N) is 1. The molecule has 2 aromatic rings. The third kappa shape index (κ3) is 4.78. The van der Waals surface area contributed by atoms with Gasteiger partial charge in [0.25, 0.3) is 0 Å². The van der Waals surface area contributed by atoms with Crippen molar-refractivity contribution in [3.63, 3.8) is 0 Å². The number of hydrogen-bond donors (Lipinski definition) is 1. The maximum absolute atomic E-state index is 12.5. The Labute approximate surface area is 159 Å². The van der Waals surface area contributed by atoms with E-state index in [0.29, 0.717) is 26.1 Å². The zero-order valence-electron chi connectivity index (χ0n) is 15.7. The topological polar surface area (TPSA) is 63.2 Å². The van der Waals surface area contributed by atoms with Crippen LogP contribution in [0.1, 0.15) is 24.5 Å². The fourth-order valence-corrected chi connectivity index (χ4v) is 3.10. The van der Waals surface area contributed by atoms with Crippen molar-refractivity contribution in [2.75, 3.05) is 20.2 Å². The fourth-order valence-electron chi connectivity index (χ4n) is 3.10. The zero-order chi connectivity index (χ0) is 19.1. The average molecular weight is 367 g/mol. The maximum Gasteiger partial charge on any atom is 0.317 e. The number of para-hydroxylation sites is 1. The number of ether oxygens (including phenoxy) is 1. The van der Waals surface area contributed by atoms with Crippen LogP contribution in [-0.4, -0.2) is 42.9 Å². The maximum atomic E-state index is 12.5. The van der Waals surface area contributed by atoms with E-state index in [-0.39, 0.29) is 12.1 Å². The van der Waals surface area contributed by atoms with E-state index in [0.717, 1.165) is 22.6 Å². The van der Waals surface area contributed by atoms with Crippen LogP contribution in [0.3, 0.4) is 0 Å².